The Morgan fingerprint density at radius 2 is 1.13 bits per heavy atom. The standard InChI is InChI=1S/C15H24ClN3O2.C13H17ClN2O3.C7H15NO2.C6H5ClFNO/c1-18(2)10-12-13(4-5-14(16)17-12)19-8-6-15(20,7-9-19)11-21-3;1-19-9-13(18)4-6-16(7-5-13)11-2-3-12(14)15-10(11)8-17;1-10-6-7(9)2-4-8-5-3-7;1-10-6-4(8)2-3-5(7)9-6/h4-5,20H,6-11H2,1-3H3;2-3,8,18H,4-7,9H2,1H3;8-9H,2-6H2,1H3;2-3H,1H3. The summed E-state index contributed by atoms with van der Waals surface area (Å²) in [4.78, 5) is 29.4. The second-order valence-electron chi connectivity index (χ2n) is 15.3. The van der Waals surface area contributed by atoms with Crippen LogP contribution in [0.3, 0.4) is 0 Å². The second-order valence-corrected chi connectivity index (χ2v) is 16.5. The van der Waals surface area contributed by atoms with E-state index in [4.69, 9.17) is 49.0 Å². The van der Waals surface area contributed by atoms with Gasteiger partial charge in [0.1, 0.15) is 21.2 Å². The summed E-state index contributed by atoms with van der Waals surface area (Å²) >= 11 is 17.2. The molecule has 3 saturated heterocycles. The lowest BCUT2D eigenvalue weighted by Gasteiger charge is -2.39. The summed E-state index contributed by atoms with van der Waals surface area (Å²) in [6.07, 6.45) is 4.91. The molecule has 0 spiro atoms. The minimum Gasteiger partial charge on any atom is -0.479 e. The van der Waals surface area contributed by atoms with Crippen LogP contribution in [0.25, 0.3) is 0 Å². The SMILES string of the molecule is COCC1(O)CCN(c2ccc(Cl)nc2C=O)CC1.COCC1(O)CCN(c2ccc(Cl)nc2CN(C)C)CC1.COCC1(O)CCNCC1.COc1nc(Cl)ccc1F. The molecule has 0 radical (unpaired) electrons. The van der Waals surface area contributed by atoms with Crippen molar-refractivity contribution in [2.45, 2.75) is 61.9 Å². The van der Waals surface area contributed by atoms with E-state index < -0.39 is 22.6 Å². The van der Waals surface area contributed by atoms with Crippen molar-refractivity contribution in [3.63, 3.8) is 0 Å². The molecule has 3 aliphatic heterocycles. The number of hydrogen-bond donors (Lipinski definition) is 4. The summed E-state index contributed by atoms with van der Waals surface area (Å²) in [6, 6.07) is 9.87. The molecular weight excluding hydrogens is 844 g/mol. The van der Waals surface area contributed by atoms with E-state index in [9.17, 15) is 24.5 Å². The predicted molar refractivity (Wildman–Crippen MR) is 233 cm³/mol. The van der Waals surface area contributed by atoms with Gasteiger partial charge in [-0.2, -0.15) is 4.98 Å². The Morgan fingerprint density at radius 1 is 0.700 bits per heavy atom. The van der Waals surface area contributed by atoms with Gasteiger partial charge in [0.15, 0.2) is 12.1 Å². The molecule has 0 bridgehead atoms. The number of pyridine rings is 3. The zero-order chi connectivity index (χ0) is 44.3. The maximum Gasteiger partial charge on any atom is 0.251 e. The van der Waals surface area contributed by atoms with Gasteiger partial charge in [-0.15, -0.1) is 0 Å². The minimum absolute atomic E-state index is 0.0764. The highest BCUT2D eigenvalue weighted by atomic mass is 35.5. The number of aldehydes is 1. The molecule has 0 unspecified atom stereocenters. The number of hydrogen-bond acceptors (Lipinski definition) is 15. The van der Waals surface area contributed by atoms with Crippen LogP contribution in [-0.2, 0) is 20.8 Å². The zero-order valence-electron chi connectivity index (χ0n) is 35.4. The molecular formula is C41H61Cl3FN7O8. The fourth-order valence-electron chi connectivity index (χ4n) is 6.97. The fraction of sp³-hybridized carbons (Fsp3) is 0.610. The summed E-state index contributed by atoms with van der Waals surface area (Å²) in [5, 5.41) is 34.6. The summed E-state index contributed by atoms with van der Waals surface area (Å²) in [6.45, 7) is 6.65. The van der Waals surface area contributed by atoms with E-state index in [0.717, 1.165) is 62.6 Å². The largest absolute Gasteiger partial charge is 0.479 e. The van der Waals surface area contributed by atoms with E-state index >= 15 is 0 Å². The quantitative estimate of drug-likeness (QED) is 0.142. The summed E-state index contributed by atoms with van der Waals surface area (Å²) < 4.78 is 32.1. The smallest absolute Gasteiger partial charge is 0.251 e. The molecule has 60 heavy (non-hydrogen) atoms. The second kappa shape index (κ2) is 25.2. The lowest BCUT2D eigenvalue weighted by atomic mass is 9.92. The maximum absolute atomic E-state index is 12.5. The van der Waals surface area contributed by atoms with Crippen LogP contribution in [0.2, 0.25) is 15.5 Å². The van der Waals surface area contributed by atoms with E-state index in [0.29, 0.717) is 80.9 Å². The van der Waals surface area contributed by atoms with Gasteiger partial charge in [-0.1, -0.05) is 34.8 Å². The predicted octanol–water partition coefficient (Wildman–Crippen LogP) is 4.93. The first-order valence-corrected chi connectivity index (χ1v) is 20.8. The molecule has 0 aliphatic carbocycles. The number of ether oxygens (including phenoxy) is 4. The highest BCUT2D eigenvalue weighted by molar-refractivity contribution is 6.30. The molecule has 6 rings (SSSR count). The number of piperidine rings is 3. The van der Waals surface area contributed by atoms with Gasteiger partial charge in [-0.25, -0.2) is 14.4 Å². The lowest BCUT2D eigenvalue weighted by Crippen LogP contribution is -2.47. The average Bonchev–Trinajstić information content (AvgIpc) is 3.20. The number of anilines is 2. The number of halogens is 4. The van der Waals surface area contributed by atoms with Crippen molar-refractivity contribution in [1.82, 2.24) is 25.2 Å². The van der Waals surface area contributed by atoms with Crippen LogP contribution in [0.1, 0.15) is 54.7 Å². The number of nitrogens with zero attached hydrogens (tertiary/aromatic N) is 6. The molecule has 0 amide bonds. The van der Waals surface area contributed by atoms with Crippen molar-refractivity contribution in [3.05, 3.63) is 69.1 Å². The van der Waals surface area contributed by atoms with Crippen LogP contribution in [0, 0.1) is 5.82 Å². The number of methoxy groups -OCH3 is 4. The van der Waals surface area contributed by atoms with Gasteiger partial charge >= 0.3 is 0 Å². The Morgan fingerprint density at radius 3 is 1.58 bits per heavy atom. The maximum atomic E-state index is 12.5. The first-order valence-electron chi connectivity index (χ1n) is 19.6. The van der Waals surface area contributed by atoms with Crippen LogP contribution >= 0.6 is 34.8 Å². The van der Waals surface area contributed by atoms with Gasteiger partial charge in [-0.05, 0) is 102 Å². The zero-order valence-corrected chi connectivity index (χ0v) is 37.7. The Kier molecular flexibility index (Phi) is 21.6. The Balaban J connectivity index is 0.000000225. The molecule has 3 aromatic rings. The molecule has 19 heteroatoms. The molecule has 336 valence electrons. The number of carbonyl (C=O) groups excluding carboxylic acids is 1. The molecule has 3 aliphatic rings. The minimum atomic E-state index is -0.771. The van der Waals surface area contributed by atoms with E-state index in [1.54, 1.807) is 33.5 Å². The highest BCUT2D eigenvalue weighted by Gasteiger charge is 2.34. The molecule has 3 aromatic heterocycles. The monoisotopic (exact) mass is 903 g/mol. The van der Waals surface area contributed by atoms with Crippen LogP contribution in [0.4, 0.5) is 15.8 Å². The molecule has 6 heterocycles. The van der Waals surface area contributed by atoms with Gasteiger partial charge < -0.3 is 54.3 Å². The van der Waals surface area contributed by atoms with Crippen molar-refractivity contribution in [2.24, 2.45) is 0 Å². The first kappa shape index (κ1) is 51.4. The lowest BCUT2D eigenvalue weighted by molar-refractivity contribution is -0.0510. The van der Waals surface area contributed by atoms with Crippen LogP contribution in [0.5, 0.6) is 5.88 Å². The topological polar surface area (TPSA) is 175 Å². The summed E-state index contributed by atoms with van der Waals surface area (Å²) in [5.74, 6) is -0.584. The van der Waals surface area contributed by atoms with Crippen molar-refractivity contribution in [1.29, 1.82) is 0 Å². The third-order valence-corrected chi connectivity index (χ3v) is 10.8. The van der Waals surface area contributed by atoms with Crippen LogP contribution < -0.4 is 19.9 Å². The number of rotatable bonds is 12. The van der Waals surface area contributed by atoms with Gasteiger partial charge in [-0.3, -0.25) is 4.79 Å². The number of carbonyl (C=O) groups is 1. The van der Waals surface area contributed by atoms with Crippen molar-refractivity contribution >= 4 is 52.5 Å². The molecule has 0 saturated carbocycles. The van der Waals surface area contributed by atoms with Gasteiger partial charge in [0.25, 0.3) is 5.88 Å². The average molecular weight is 905 g/mol. The van der Waals surface area contributed by atoms with Crippen molar-refractivity contribution in [3.8, 4) is 5.88 Å². The van der Waals surface area contributed by atoms with Crippen molar-refractivity contribution in [2.75, 3.05) is 111 Å². The Labute approximate surface area is 368 Å². The third kappa shape index (κ3) is 16.7. The number of nitrogens with one attached hydrogen (secondary N) is 1. The van der Waals surface area contributed by atoms with Crippen LogP contribution in [-0.4, -0.2) is 160 Å². The molecule has 3 fully saturated rings. The molecule has 0 aromatic carbocycles. The summed E-state index contributed by atoms with van der Waals surface area (Å²) in [7, 11) is 10.2. The number of aliphatic hydroxyl groups is 3. The highest BCUT2D eigenvalue weighted by Crippen LogP contribution is 2.31. The molecule has 0 atom stereocenters. The van der Waals surface area contributed by atoms with Gasteiger partial charge in [0.2, 0.25) is 0 Å². The first-order chi connectivity index (χ1) is 28.5. The van der Waals surface area contributed by atoms with E-state index in [2.05, 4.69) is 34.8 Å². The van der Waals surface area contributed by atoms with E-state index in [-0.39, 0.29) is 11.0 Å². The summed E-state index contributed by atoms with van der Waals surface area (Å²) in [5.41, 5.74) is 1.15. The van der Waals surface area contributed by atoms with Crippen LogP contribution in [0.15, 0.2) is 36.4 Å². The van der Waals surface area contributed by atoms with Gasteiger partial charge in [0, 0.05) is 54.1 Å². The fourth-order valence-corrected chi connectivity index (χ4v) is 7.43. The van der Waals surface area contributed by atoms with E-state index in [1.165, 1.54) is 19.2 Å². The third-order valence-electron chi connectivity index (χ3n) is 10.2. The van der Waals surface area contributed by atoms with Gasteiger partial charge in [0.05, 0.1) is 60.8 Å². The molecule has 15 nitrogen and oxygen atoms in total. The van der Waals surface area contributed by atoms with Crippen molar-refractivity contribution < 1.29 is 43.5 Å². The van der Waals surface area contributed by atoms with E-state index in [1.807, 2.05) is 31.1 Å². The Hall–Kier alpha value is -3.00. The normalized spacial score (nSPS) is 17.9. The Bertz CT molecular complexity index is 1740. The molecule has 4 N–H and O–H groups in total. The number of aromatic nitrogens is 3.